The molecule has 0 amide bonds. The van der Waals surface area contributed by atoms with Crippen LogP contribution in [-0.4, -0.2) is 40.0 Å². The van der Waals surface area contributed by atoms with Crippen LogP contribution in [0.1, 0.15) is 30.1 Å². The van der Waals surface area contributed by atoms with Crippen LogP contribution in [0.3, 0.4) is 0 Å². The highest BCUT2D eigenvalue weighted by molar-refractivity contribution is 6.00. The molecule has 0 bridgehead atoms. The Morgan fingerprint density at radius 3 is 2.47 bits per heavy atom. The van der Waals surface area contributed by atoms with Crippen molar-refractivity contribution in [2.24, 2.45) is 0 Å². The molecule has 17 heavy (non-hydrogen) atoms. The number of benzene rings is 1. The smallest absolute Gasteiger partial charge is 0.179 e. The summed E-state index contributed by atoms with van der Waals surface area (Å²) < 4.78 is 0. The van der Waals surface area contributed by atoms with Gasteiger partial charge in [-0.25, -0.2) is 0 Å². The summed E-state index contributed by atoms with van der Waals surface area (Å²) in [5.41, 5.74) is 0.444. The number of rotatable bonds is 3. The van der Waals surface area contributed by atoms with E-state index in [9.17, 15) is 15.0 Å². The van der Waals surface area contributed by atoms with Crippen LogP contribution in [0.2, 0.25) is 0 Å². The highest BCUT2D eigenvalue weighted by Gasteiger charge is 2.25. The fourth-order valence-corrected chi connectivity index (χ4v) is 2.21. The first-order valence-electron chi connectivity index (χ1n) is 5.90. The number of likely N-dealkylation sites (tertiary alicyclic amines) is 1. The Morgan fingerprint density at radius 1 is 1.24 bits per heavy atom. The minimum atomic E-state index is -0.246. The lowest BCUT2D eigenvalue weighted by molar-refractivity contribution is 0.0866. The number of hydrogen-bond acceptors (Lipinski definition) is 4. The Balaban J connectivity index is 2.15. The van der Waals surface area contributed by atoms with Gasteiger partial charge in [-0.1, -0.05) is 0 Å². The number of nitrogens with zero attached hydrogens (tertiary/aromatic N) is 1. The van der Waals surface area contributed by atoms with Gasteiger partial charge >= 0.3 is 0 Å². The minimum absolute atomic E-state index is 0.0119. The molecular formula is C13H17NO3. The van der Waals surface area contributed by atoms with E-state index in [1.54, 1.807) is 6.07 Å². The quantitative estimate of drug-likeness (QED) is 0.619. The summed E-state index contributed by atoms with van der Waals surface area (Å²) in [5.74, 6) is -0.456. The number of phenols is 2. The molecule has 0 radical (unpaired) electrons. The second-order valence-corrected chi connectivity index (χ2v) is 4.49. The molecule has 0 aromatic heterocycles. The molecule has 1 heterocycles. The number of ketones is 1. The Kier molecular flexibility index (Phi) is 3.33. The van der Waals surface area contributed by atoms with E-state index < -0.39 is 0 Å². The van der Waals surface area contributed by atoms with Crippen molar-refractivity contribution in [3.63, 3.8) is 0 Å². The number of aromatic hydroxyl groups is 2. The third-order valence-corrected chi connectivity index (χ3v) is 3.33. The summed E-state index contributed by atoms with van der Waals surface area (Å²) in [6.07, 6.45) is 2.27. The van der Waals surface area contributed by atoms with E-state index in [1.165, 1.54) is 12.1 Å². The summed E-state index contributed by atoms with van der Waals surface area (Å²) in [7, 11) is 0. The van der Waals surface area contributed by atoms with Gasteiger partial charge in [-0.3, -0.25) is 9.69 Å². The molecule has 1 saturated heterocycles. The predicted octanol–water partition coefficient (Wildman–Crippen LogP) is 1.76. The molecule has 0 spiro atoms. The topological polar surface area (TPSA) is 60.8 Å². The lowest BCUT2D eigenvalue weighted by Crippen LogP contribution is -2.36. The summed E-state index contributed by atoms with van der Waals surface area (Å²) in [5, 5.41) is 18.6. The van der Waals surface area contributed by atoms with E-state index in [0.717, 1.165) is 25.9 Å². The SMILES string of the molecule is CC(C(=O)c1ccc(O)c(O)c1)N1CCCC1. The van der Waals surface area contributed by atoms with Crippen molar-refractivity contribution < 1.29 is 15.0 Å². The number of Topliss-reactive ketones (excluding diaryl/α,β-unsaturated/α-hetero) is 1. The largest absolute Gasteiger partial charge is 0.504 e. The lowest BCUT2D eigenvalue weighted by atomic mass is 10.0. The second kappa shape index (κ2) is 4.75. The van der Waals surface area contributed by atoms with E-state index in [-0.39, 0.29) is 23.3 Å². The monoisotopic (exact) mass is 235 g/mol. The standard InChI is InChI=1S/C13H17NO3/c1-9(14-6-2-3-7-14)13(17)10-4-5-11(15)12(16)8-10/h4-5,8-9,15-16H,2-3,6-7H2,1H3. The molecule has 1 aromatic carbocycles. The molecule has 0 aliphatic carbocycles. The molecule has 4 heteroatoms. The first-order chi connectivity index (χ1) is 8.09. The number of hydrogen-bond donors (Lipinski definition) is 2. The number of carbonyl (C=O) groups is 1. The van der Waals surface area contributed by atoms with Crippen molar-refractivity contribution in [1.82, 2.24) is 4.90 Å². The summed E-state index contributed by atoms with van der Waals surface area (Å²) in [6, 6.07) is 4.05. The van der Waals surface area contributed by atoms with Crippen molar-refractivity contribution in [2.45, 2.75) is 25.8 Å². The van der Waals surface area contributed by atoms with Crippen LogP contribution >= 0.6 is 0 Å². The molecule has 1 atom stereocenters. The van der Waals surface area contributed by atoms with Crippen LogP contribution < -0.4 is 0 Å². The fraction of sp³-hybridized carbons (Fsp3) is 0.462. The van der Waals surface area contributed by atoms with Gasteiger partial charge in [0.25, 0.3) is 0 Å². The van der Waals surface area contributed by atoms with Gasteiger partial charge in [-0.05, 0) is 51.1 Å². The molecule has 1 aliphatic heterocycles. The van der Waals surface area contributed by atoms with Gasteiger partial charge < -0.3 is 10.2 Å². The molecule has 1 aliphatic rings. The molecule has 1 unspecified atom stereocenters. The predicted molar refractivity (Wildman–Crippen MR) is 64.4 cm³/mol. The molecule has 1 fully saturated rings. The maximum atomic E-state index is 12.2. The molecule has 1 aromatic rings. The van der Waals surface area contributed by atoms with Crippen molar-refractivity contribution in [2.75, 3.05) is 13.1 Å². The van der Waals surface area contributed by atoms with Gasteiger partial charge in [-0.15, -0.1) is 0 Å². The zero-order chi connectivity index (χ0) is 12.4. The van der Waals surface area contributed by atoms with E-state index in [0.29, 0.717) is 5.56 Å². The highest BCUT2D eigenvalue weighted by atomic mass is 16.3. The van der Waals surface area contributed by atoms with Crippen LogP contribution in [0, 0.1) is 0 Å². The zero-order valence-electron chi connectivity index (χ0n) is 9.89. The zero-order valence-corrected chi connectivity index (χ0v) is 9.89. The molecule has 92 valence electrons. The minimum Gasteiger partial charge on any atom is -0.504 e. The van der Waals surface area contributed by atoms with Crippen LogP contribution in [0.15, 0.2) is 18.2 Å². The maximum Gasteiger partial charge on any atom is 0.179 e. The number of carbonyl (C=O) groups excluding carboxylic acids is 1. The third kappa shape index (κ3) is 2.42. The average Bonchev–Trinajstić information content (AvgIpc) is 2.84. The van der Waals surface area contributed by atoms with Gasteiger partial charge in [-0.2, -0.15) is 0 Å². The van der Waals surface area contributed by atoms with Gasteiger partial charge in [0.15, 0.2) is 17.3 Å². The first-order valence-corrected chi connectivity index (χ1v) is 5.90. The van der Waals surface area contributed by atoms with E-state index in [1.807, 2.05) is 6.92 Å². The fourth-order valence-electron chi connectivity index (χ4n) is 2.21. The molecular weight excluding hydrogens is 218 g/mol. The molecule has 2 rings (SSSR count). The first kappa shape index (κ1) is 11.9. The van der Waals surface area contributed by atoms with Gasteiger partial charge in [0.05, 0.1) is 6.04 Å². The van der Waals surface area contributed by atoms with Crippen molar-refractivity contribution >= 4 is 5.78 Å². The Morgan fingerprint density at radius 2 is 1.88 bits per heavy atom. The van der Waals surface area contributed by atoms with Crippen molar-refractivity contribution in [3.8, 4) is 11.5 Å². The van der Waals surface area contributed by atoms with Crippen LogP contribution in [0.25, 0.3) is 0 Å². The molecule has 0 saturated carbocycles. The normalized spacial score (nSPS) is 18.2. The second-order valence-electron chi connectivity index (χ2n) is 4.49. The van der Waals surface area contributed by atoms with Gasteiger partial charge in [0, 0.05) is 5.56 Å². The van der Waals surface area contributed by atoms with Crippen LogP contribution in [-0.2, 0) is 0 Å². The van der Waals surface area contributed by atoms with Gasteiger partial charge in [0.1, 0.15) is 0 Å². The van der Waals surface area contributed by atoms with Crippen LogP contribution in [0.5, 0.6) is 11.5 Å². The maximum absolute atomic E-state index is 12.2. The Hall–Kier alpha value is -1.55. The average molecular weight is 235 g/mol. The van der Waals surface area contributed by atoms with Crippen molar-refractivity contribution in [1.29, 1.82) is 0 Å². The Bertz CT molecular complexity index is 425. The summed E-state index contributed by atoms with van der Waals surface area (Å²) in [6.45, 7) is 3.80. The Labute approximate surface area is 100 Å². The van der Waals surface area contributed by atoms with E-state index in [2.05, 4.69) is 4.90 Å². The summed E-state index contributed by atoms with van der Waals surface area (Å²) in [4.78, 5) is 14.3. The highest BCUT2D eigenvalue weighted by Crippen LogP contribution is 2.26. The van der Waals surface area contributed by atoms with E-state index in [4.69, 9.17) is 0 Å². The molecule has 2 N–H and O–H groups in total. The lowest BCUT2D eigenvalue weighted by Gasteiger charge is -2.22. The third-order valence-electron chi connectivity index (χ3n) is 3.33. The van der Waals surface area contributed by atoms with Gasteiger partial charge in [0.2, 0.25) is 0 Å². The summed E-state index contributed by atoms with van der Waals surface area (Å²) >= 11 is 0. The van der Waals surface area contributed by atoms with E-state index >= 15 is 0 Å². The van der Waals surface area contributed by atoms with Crippen LogP contribution in [0.4, 0.5) is 0 Å². The molecule has 4 nitrogen and oxygen atoms in total. The van der Waals surface area contributed by atoms with Crippen molar-refractivity contribution in [3.05, 3.63) is 23.8 Å². The number of phenolic OH excluding ortho intramolecular Hbond substituents is 2.